The minimum atomic E-state index is -2.94. The third-order valence-electron chi connectivity index (χ3n) is 3.27. The molecule has 1 fully saturated rings. The molecule has 0 bridgehead atoms. The van der Waals surface area contributed by atoms with E-state index in [0.717, 1.165) is 19.0 Å². The van der Waals surface area contributed by atoms with E-state index >= 15 is 0 Å². The van der Waals surface area contributed by atoms with E-state index in [-0.39, 0.29) is 0 Å². The summed E-state index contributed by atoms with van der Waals surface area (Å²) >= 11 is 0. The Morgan fingerprint density at radius 1 is 1.24 bits per heavy atom. The molecule has 1 saturated heterocycles. The lowest BCUT2D eigenvalue weighted by Gasteiger charge is -2.15. The molecule has 0 spiro atoms. The topological polar surface area (TPSA) is 37.1 Å². The van der Waals surface area contributed by atoms with Crippen molar-refractivity contribution in [3.63, 3.8) is 0 Å². The molecule has 1 aliphatic rings. The molecule has 0 N–H and O–H groups in total. The summed E-state index contributed by atoms with van der Waals surface area (Å²) < 4.78 is 25.8. The largest absolute Gasteiger partial charge is 0.214 e. The van der Waals surface area contributed by atoms with Crippen LogP contribution in [0.4, 0.5) is 0 Å². The van der Waals surface area contributed by atoms with Crippen LogP contribution in [0.25, 0.3) is 0 Å². The van der Waals surface area contributed by atoms with Gasteiger partial charge in [-0.05, 0) is 12.5 Å². The first-order valence-electron chi connectivity index (χ1n) is 6.76. The van der Waals surface area contributed by atoms with Crippen molar-refractivity contribution >= 4 is 18.1 Å². The zero-order chi connectivity index (χ0) is 13.1. The molecule has 1 rings (SSSR count). The van der Waals surface area contributed by atoms with Crippen LogP contribution in [0.3, 0.4) is 0 Å². The lowest BCUT2D eigenvalue weighted by molar-refractivity contribution is 0.541. The van der Waals surface area contributed by atoms with E-state index in [1.165, 1.54) is 19.3 Å². The van der Waals surface area contributed by atoms with Gasteiger partial charge in [0.2, 0.25) is 10.0 Å². The first-order chi connectivity index (χ1) is 7.76. The Morgan fingerprint density at radius 2 is 1.88 bits per heavy atom. The summed E-state index contributed by atoms with van der Waals surface area (Å²) in [4.78, 5) is 0. The average molecular weight is 278 g/mol. The van der Waals surface area contributed by atoms with Crippen molar-refractivity contribution in [3.05, 3.63) is 0 Å². The number of nitrogens with zero attached hydrogens (tertiary/aromatic N) is 1. The lowest BCUT2D eigenvalue weighted by Crippen LogP contribution is -2.27. The summed E-state index contributed by atoms with van der Waals surface area (Å²) in [5.74, 6) is 0.368. The minimum absolute atomic E-state index is 0.327. The van der Waals surface area contributed by atoms with Gasteiger partial charge >= 0.3 is 0 Å². The maximum Gasteiger partial charge on any atom is 0.214 e. The molecule has 1 heterocycles. The molecular weight excluding hydrogens is 250 g/mol. The monoisotopic (exact) mass is 277 g/mol. The van der Waals surface area contributed by atoms with Crippen LogP contribution in [0, 0.1) is 0 Å². The quantitative estimate of drug-likeness (QED) is 0.389. The summed E-state index contributed by atoms with van der Waals surface area (Å²) in [6.45, 7) is 9.63. The van der Waals surface area contributed by atoms with E-state index in [1.54, 1.807) is 4.31 Å². The molecule has 0 radical (unpaired) electrons. The van der Waals surface area contributed by atoms with E-state index < -0.39 is 18.1 Å². The third kappa shape index (κ3) is 5.53. The Kier molecular flexibility index (Phi) is 5.22. The molecular formula is C12H27NO2SSi. The smallest absolute Gasteiger partial charge is 0.212 e. The van der Waals surface area contributed by atoms with Crippen LogP contribution in [0.1, 0.15) is 32.6 Å². The zero-order valence-electron chi connectivity index (χ0n) is 11.7. The molecule has 0 amide bonds. The average Bonchev–Trinajstić information content (AvgIpc) is 2.95. The van der Waals surface area contributed by atoms with Crippen LogP contribution in [0.5, 0.6) is 0 Å². The third-order valence-corrected chi connectivity index (χ3v) is 7.27. The fraction of sp³-hybridized carbons (Fsp3) is 1.00. The van der Waals surface area contributed by atoms with E-state index in [4.69, 9.17) is 0 Å². The van der Waals surface area contributed by atoms with Crippen molar-refractivity contribution in [1.82, 2.24) is 4.31 Å². The van der Waals surface area contributed by atoms with Crippen LogP contribution in [-0.4, -0.2) is 39.1 Å². The van der Waals surface area contributed by atoms with Crippen molar-refractivity contribution < 1.29 is 8.42 Å². The Balaban J connectivity index is 2.31. The van der Waals surface area contributed by atoms with Gasteiger partial charge in [-0.2, -0.15) is 4.31 Å². The molecule has 5 heteroatoms. The highest BCUT2D eigenvalue weighted by Crippen LogP contribution is 2.28. The normalized spacial score (nSPS) is 24.9. The molecule has 1 aliphatic heterocycles. The van der Waals surface area contributed by atoms with Gasteiger partial charge in [0, 0.05) is 20.7 Å². The molecule has 0 saturated carbocycles. The Morgan fingerprint density at radius 3 is 2.41 bits per heavy atom. The second kappa shape index (κ2) is 5.84. The summed E-state index contributed by atoms with van der Waals surface area (Å²) in [5.41, 5.74) is 0. The summed E-state index contributed by atoms with van der Waals surface area (Å²) in [6.07, 6.45) is 4.65. The van der Waals surface area contributed by atoms with Crippen LogP contribution in [0.15, 0.2) is 0 Å². The summed E-state index contributed by atoms with van der Waals surface area (Å²) in [5, 5.41) is 0. The molecule has 102 valence electrons. The van der Waals surface area contributed by atoms with E-state index in [9.17, 15) is 8.42 Å². The van der Waals surface area contributed by atoms with Crippen molar-refractivity contribution in [2.24, 2.45) is 0 Å². The summed E-state index contributed by atoms with van der Waals surface area (Å²) in [7, 11) is -4.18. The Bertz CT molecular complexity index is 335. The molecule has 0 aromatic heterocycles. The SMILES string of the molecule is CCCCC[C@H]1CN1S(=O)(=O)CC[Si](C)(C)C. The van der Waals surface area contributed by atoms with E-state index in [2.05, 4.69) is 26.6 Å². The second-order valence-corrected chi connectivity index (χ2v) is 14.0. The molecule has 0 aromatic carbocycles. The minimum Gasteiger partial charge on any atom is -0.212 e. The molecule has 0 aliphatic carbocycles. The number of hydrogen-bond acceptors (Lipinski definition) is 2. The lowest BCUT2D eigenvalue weighted by atomic mass is 10.2. The number of unbranched alkanes of at least 4 members (excludes halogenated alkanes) is 2. The second-order valence-electron chi connectivity index (χ2n) is 6.35. The van der Waals surface area contributed by atoms with Gasteiger partial charge in [-0.25, -0.2) is 8.42 Å². The van der Waals surface area contributed by atoms with Crippen LogP contribution >= 0.6 is 0 Å². The highest BCUT2D eigenvalue weighted by Gasteiger charge is 2.42. The fourth-order valence-corrected chi connectivity index (χ4v) is 6.59. The standard InChI is InChI=1S/C12H27NO2SSi/c1-5-6-7-8-12-11-13(12)16(14,15)9-10-17(2,3)4/h12H,5-11H2,1-4H3/t12-,13?/m0/s1. The van der Waals surface area contributed by atoms with Gasteiger partial charge in [-0.15, -0.1) is 0 Å². The maximum atomic E-state index is 12.0. The first kappa shape index (κ1) is 15.2. The van der Waals surface area contributed by atoms with E-state index in [0.29, 0.717) is 11.8 Å². The van der Waals surface area contributed by atoms with Crippen molar-refractivity contribution in [2.75, 3.05) is 12.3 Å². The van der Waals surface area contributed by atoms with Gasteiger partial charge < -0.3 is 0 Å². The molecule has 17 heavy (non-hydrogen) atoms. The molecule has 2 atom stereocenters. The predicted octanol–water partition coefficient (Wildman–Crippen LogP) is 2.92. The Hall–Kier alpha value is 0.127. The van der Waals surface area contributed by atoms with Gasteiger partial charge in [0.1, 0.15) is 0 Å². The highest BCUT2D eigenvalue weighted by atomic mass is 32.2. The van der Waals surface area contributed by atoms with Gasteiger partial charge in [-0.1, -0.05) is 45.8 Å². The maximum absolute atomic E-state index is 12.0. The zero-order valence-corrected chi connectivity index (χ0v) is 13.5. The van der Waals surface area contributed by atoms with E-state index in [1.807, 2.05) is 0 Å². The van der Waals surface area contributed by atoms with Gasteiger partial charge in [0.15, 0.2) is 0 Å². The number of hydrogen-bond donors (Lipinski definition) is 0. The van der Waals surface area contributed by atoms with Crippen molar-refractivity contribution in [1.29, 1.82) is 0 Å². The molecule has 0 aromatic rings. The van der Waals surface area contributed by atoms with Crippen LogP contribution < -0.4 is 0 Å². The van der Waals surface area contributed by atoms with Crippen LogP contribution in [-0.2, 0) is 10.0 Å². The van der Waals surface area contributed by atoms with Gasteiger partial charge in [-0.3, -0.25) is 0 Å². The van der Waals surface area contributed by atoms with Crippen LogP contribution in [0.2, 0.25) is 25.7 Å². The first-order valence-corrected chi connectivity index (χ1v) is 12.1. The molecule has 3 nitrogen and oxygen atoms in total. The number of rotatable bonds is 8. The predicted molar refractivity (Wildman–Crippen MR) is 76.6 cm³/mol. The molecule has 1 unspecified atom stereocenters. The van der Waals surface area contributed by atoms with Gasteiger partial charge in [0.25, 0.3) is 0 Å². The fourth-order valence-electron chi connectivity index (χ4n) is 1.92. The van der Waals surface area contributed by atoms with Gasteiger partial charge in [0.05, 0.1) is 5.75 Å². The van der Waals surface area contributed by atoms with Crippen molar-refractivity contribution in [3.8, 4) is 0 Å². The van der Waals surface area contributed by atoms with Crippen molar-refractivity contribution in [2.45, 2.75) is 64.3 Å². The summed E-state index contributed by atoms with van der Waals surface area (Å²) in [6, 6.07) is 1.21. The number of sulfonamides is 1. The highest BCUT2D eigenvalue weighted by molar-refractivity contribution is 7.89. The Labute approximate surface area is 108 Å².